The second-order valence-electron chi connectivity index (χ2n) is 7.02. The van der Waals surface area contributed by atoms with Crippen LogP contribution in [0.25, 0.3) is 5.76 Å². The largest absolute Gasteiger partial charge is 0.507 e. The predicted molar refractivity (Wildman–Crippen MR) is 113 cm³/mol. The van der Waals surface area contributed by atoms with E-state index in [0.717, 1.165) is 5.56 Å². The topological polar surface area (TPSA) is 79.7 Å². The van der Waals surface area contributed by atoms with Crippen LogP contribution >= 0.6 is 0 Å². The first-order chi connectivity index (χ1) is 14.5. The summed E-state index contributed by atoms with van der Waals surface area (Å²) in [5.41, 5.74) is 2.68. The summed E-state index contributed by atoms with van der Waals surface area (Å²) in [5.74, 6) is -1.02. The number of hydrogen-bond donors (Lipinski definition) is 1. The van der Waals surface area contributed by atoms with E-state index in [9.17, 15) is 14.7 Å². The molecule has 4 rings (SSSR count). The number of pyridine rings is 1. The van der Waals surface area contributed by atoms with Crippen LogP contribution in [0.1, 0.15) is 22.7 Å². The third kappa shape index (κ3) is 3.33. The lowest BCUT2D eigenvalue weighted by Gasteiger charge is -2.25. The van der Waals surface area contributed by atoms with Gasteiger partial charge in [-0.25, -0.2) is 0 Å². The summed E-state index contributed by atoms with van der Waals surface area (Å²) in [6.07, 6.45) is 3.21. The van der Waals surface area contributed by atoms with Crippen molar-refractivity contribution >= 4 is 23.1 Å². The lowest BCUT2D eigenvalue weighted by Crippen LogP contribution is -2.29. The van der Waals surface area contributed by atoms with Crippen molar-refractivity contribution in [3.63, 3.8) is 0 Å². The highest BCUT2D eigenvalue weighted by Crippen LogP contribution is 2.42. The van der Waals surface area contributed by atoms with Gasteiger partial charge in [0, 0.05) is 23.6 Å². The van der Waals surface area contributed by atoms with Crippen molar-refractivity contribution in [3.8, 4) is 5.75 Å². The summed E-state index contributed by atoms with van der Waals surface area (Å²) in [6.45, 7) is 1.93. The molecule has 0 spiro atoms. The van der Waals surface area contributed by atoms with Gasteiger partial charge < -0.3 is 9.84 Å². The zero-order chi connectivity index (χ0) is 21.3. The van der Waals surface area contributed by atoms with Crippen molar-refractivity contribution in [2.45, 2.75) is 13.0 Å². The maximum atomic E-state index is 13.0. The molecule has 150 valence electrons. The Morgan fingerprint density at radius 2 is 1.73 bits per heavy atom. The van der Waals surface area contributed by atoms with Gasteiger partial charge in [0.1, 0.15) is 11.5 Å². The number of amides is 1. The number of carbonyl (C=O) groups is 2. The van der Waals surface area contributed by atoms with E-state index < -0.39 is 17.7 Å². The molecule has 2 heterocycles. The van der Waals surface area contributed by atoms with Gasteiger partial charge in [-0.2, -0.15) is 0 Å². The van der Waals surface area contributed by atoms with Crippen molar-refractivity contribution in [3.05, 3.63) is 95.3 Å². The number of aliphatic hydroxyl groups is 1. The van der Waals surface area contributed by atoms with Crippen molar-refractivity contribution in [2.24, 2.45) is 0 Å². The number of aliphatic hydroxyl groups excluding tert-OH is 1. The Hall–Kier alpha value is -3.93. The molecule has 0 unspecified atom stereocenters. The maximum absolute atomic E-state index is 13.0. The van der Waals surface area contributed by atoms with E-state index in [0.29, 0.717) is 22.6 Å². The molecule has 1 N–H and O–H groups in total. The van der Waals surface area contributed by atoms with Gasteiger partial charge in [0.05, 0.1) is 18.7 Å². The molecule has 0 saturated carbocycles. The zero-order valence-corrected chi connectivity index (χ0v) is 16.6. The van der Waals surface area contributed by atoms with Gasteiger partial charge in [-0.1, -0.05) is 35.9 Å². The summed E-state index contributed by atoms with van der Waals surface area (Å²) in [5, 5.41) is 11.0. The van der Waals surface area contributed by atoms with Crippen LogP contribution in [-0.4, -0.2) is 28.9 Å². The van der Waals surface area contributed by atoms with Gasteiger partial charge in [0.2, 0.25) is 0 Å². The molecule has 30 heavy (non-hydrogen) atoms. The third-order valence-electron chi connectivity index (χ3n) is 5.12. The number of aromatic nitrogens is 1. The van der Waals surface area contributed by atoms with Crippen LogP contribution in [0.2, 0.25) is 0 Å². The number of nitrogens with zero attached hydrogens (tertiary/aromatic N) is 2. The minimum atomic E-state index is -0.798. The molecule has 1 atom stereocenters. The molecule has 6 nitrogen and oxygen atoms in total. The number of ether oxygens (including phenoxy) is 1. The van der Waals surface area contributed by atoms with Crippen molar-refractivity contribution in [1.29, 1.82) is 0 Å². The highest BCUT2D eigenvalue weighted by molar-refractivity contribution is 6.51. The van der Waals surface area contributed by atoms with Crippen LogP contribution in [0.15, 0.2) is 78.6 Å². The smallest absolute Gasteiger partial charge is 0.300 e. The molecule has 1 fully saturated rings. The van der Waals surface area contributed by atoms with Gasteiger partial charge in [-0.05, 0) is 42.8 Å². The monoisotopic (exact) mass is 400 g/mol. The van der Waals surface area contributed by atoms with Gasteiger partial charge in [-0.3, -0.25) is 19.5 Å². The molecule has 1 saturated heterocycles. The average molecular weight is 400 g/mol. The Kier molecular flexibility index (Phi) is 5.06. The lowest BCUT2D eigenvalue weighted by molar-refractivity contribution is -0.132. The van der Waals surface area contributed by atoms with Crippen molar-refractivity contribution < 1.29 is 19.4 Å². The summed E-state index contributed by atoms with van der Waals surface area (Å²) < 4.78 is 5.19. The van der Waals surface area contributed by atoms with E-state index in [1.165, 1.54) is 4.90 Å². The summed E-state index contributed by atoms with van der Waals surface area (Å²) in [4.78, 5) is 31.6. The Bertz CT molecular complexity index is 1120. The fourth-order valence-corrected chi connectivity index (χ4v) is 3.56. The normalized spacial score (nSPS) is 17.9. The minimum absolute atomic E-state index is 0.0349. The molecule has 0 bridgehead atoms. The van der Waals surface area contributed by atoms with E-state index in [1.54, 1.807) is 68.0 Å². The number of carbonyl (C=O) groups excluding carboxylic acids is 2. The number of rotatable bonds is 4. The molecule has 2 aromatic carbocycles. The number of anilines is 1. The Morgan fingerprint density at radius 3 is 2.33 bits per heavy atom. The Labute approximate surface area is 174 Å². The minimum Gasteiger partial charge on any atom is -0.507 e. The molecule has 0 aliphatic carbocycles. The van der Waals surface area contributed by atoms with Crippen molar-refractivity contribution in [1.82, 2.24) is 4.98 Å². The number of methoxy groups -OCH3 is 1. The summed E-state index contributed by atoms with van der Waals surface area (Å²) in [7, 11) is 1.55. The lowest BCUT2D eigenvalue weighted by atomic mass is 9.96. The molecule has 1 amide bonds. The van der Waals surface area contributed by atoms with Gasteiger partial charge >= 0.3 is 0 Å². The number of hydrogen-bond acceptors (Lipinski definition) is 5. The number of benzene rings is 2. The fraction of sp³-hybridized carbons (Fsp3) is 0.125. The first-order valence-electron chi connectivity index (χ1n) is 9.43. The van der Waals surface area contributed by atoms with E-state index in [4.69, 9.17) is 4.74 Å². The zero-order valence-electron chi connectivity index (χ0n) is 16.6. The van der Waals surface area contributed by atoms with Crippen LogP contribution in [0, 0.1) is 6.92 Å². The molecular weight excluding hydrogens is 380 g/mol. The van der Waals surface area contributed by atoms with Gasteiger partial charge in [0.25, 0.3) is 11.7 Å². The molecule has 3 aromatic rings. The third-order valence-corrected chi connectivity index (χ3v) is 5.12. The maximum Gasteiger partial charge on any atom is 0.300 e. The van der Waals surface area contributed by atoms with E-state index in [-0.39, 0.29) is 11.3 Å². The van der Waals surface area contributed by atoms with Gasteiger partial charge in [-0.15, -0.1) is 0 Å². The van der Waals surface area contributed by atoms with Gasteiger partial charge in [0.15, 0.2) is 0 Å². The second kappa shape index (κ2) is 7.83. The van der Waals surface area contributed by atoms with E-state index >= 15 is 0 Å². The SMILES string of the molecule is COc1ccc(N2C(=O)C(=O)C(=C(O)c3ccc(C)cc3)[C@H]2c2cccnc2)cc1. The van der Waals surface area contributed by atoms with Crippen LogP contribution in [0.3, 0.4) is 0 Å². The summed E-state index contributed by atoms with van der Waals surface area (Å²) in [6, 6.07) is 16.7. The highest BCUT2D eigenvalue weighted by Gasteiger charge is 2.47. The van der Waals surface area contributed by atoms with E-state index in [2.05, 4.69) is 4.98 Å². The van der Waals surface area contributed by atoms with Crippen LogP contribution in [0.4, 0.5) is 5.69 Å². The predicted octanol–water partition coefficient (Wildman–Crippen LogP) is 4.02. The van der Waals surface area contributed by atoms with E-state index in [1.807, 2.05) is 19.1 Å². The average Bonchev–Trinajstić information content (AvgIpc) is 3.05. The van der Waals surface area contributed by atoms with Crippen LogP contribution < -0.4 is 9.64 Å². The number of aryl methyl sites for hydroxylation is 1. The van der Waals surface area contributed by atoms with Crippen molar-refractivity contribution in [2.75, 3.05) is 12.0 Å². The Balaban J connectivity index is 1.90. The van der Waals surface area contributed by atoms with Crippen LogP contribution in [0.5, 0.6) is 5.75 Å². The number of Topliss-reactive ketones (excluding diaryl/α,β-unsaturated/α-hetero) is 1. The molecule has 1 aliphatic rings. The molecule has 6 heteroatoms. The molecule has 1 aromatic heterocycles. The molecule has 0 radical (unpaired) electrons. The quantitative estimate of drug-likeness (QED) is 0.406. The molecule has 1 aliphatic heterocycles. The Morgan fingerprint density at radius 1 is 1.03 bits per heavy atom. The highest BCUT2D eigenvalue weighted by atomic mass is 16.5. The number of ketones is 1. The first-order valence-corrected chi connectivity index (χ1v) is 9.43. The first kappa shape index (κ1) is 19.4. The van der Waals surface area contributed by atoms with Crippen LogP contribution in [-0.2, 0) is 9.59 Å². The standard InChI is InChI=1S/C24H20N2O4/c1-15-5-7-16(8-6-15)22(27)20-21(17-4-3-13-25-14-17)26(24(29)23(20)28)18-9-11-19(30-2)12-10-18/h3-14,21,27H,1-2H3/t21-/m1/s1. The fourth-order valence-electron chi connectivity index (χ4n) is 3.56. The summed E-state index contributed by atoms with van der Waals surface area (Å²) >= 11 is 0. The molecular formula is C24H20N2O4. The second-order valence-corrected chi connectivity index (χ2v) is 7.02.